The van der Waals surface area contributed by atoms with Crippen LogP contribution in [0, 0.1) is 0 Å². The Bertz CT molecular complexity index is 2260. The monoisotopic (exact) mass is 609 g/mol. The molecule has 0 saturated carbocycles. The van der Waals surface area contributed by atoms with Gasteiger partial charge in [-0.05, 0) is 97.1 Å². The van der Waals surface area contributed by atoms with Gasteiger partial charge in [0.1, 0.15) is 0 Å². The Hall–Kier alpha value is -4.64. The van der Waals surface area contributed by atoms with Crippen LogP contribution in [0.15, 0.2) is 121 Å². The molecule has 3 nitrogen and oxygen atoms in total. The average Bonchev–Trinajstić information content (AvgIpc) is 3.75. The number of para-hydroxylation sites is 1. The topological polar surface area (TPSA) is 23.4 Å². The van der Waals surface area contributed by atoms with Gasteiger partial charge in [-0.25, -0.2) is 0 Å². The highest BCUT2D eigenvalue weighted by Gasteiger charge is 2.54. The van der Waals surface area contributed by atoms with Crippen molar-refractivity contribution < 1.29 is 9.31 Å². The lowest BCUT2D eigenvalue weighted by Gasteiger charge is -2.32. The highest BCUT2D eigenvalue weighted by molar-refractivity contribution is 6.56. The molecule has 0 atom stereocenters. The summed E-state index contributed by atoms with van der Waals surface area (Å²) in [6, 6.07) is 43.0. The van der Waals surface area contributed by atoms with Crippen LogP contribution in [0.2, 0.25) is 0 Å². The fourth-order valence-electron chi connectivity index (χ4n) is 9.00. The molecule has 1 saturated heterocycles. The van der Waals surface area contributed by atoms with Crippen LogP contribution in [0.1, 0.15) is 67.6 Å². The first kappa shape index (κ1) is 27.5. The maximum absolute atomic E-state index is 6.58. The summed E-state index contributed by atoms with van der Waals surface area (Å²) in [6.07, 6.45) is 4.20. The second kappa shape index (κ2) is 9.25. The molecule has 0 unspecified atom stereocenters. The van der Waals surface area contributed by atoms with E-state index < -0.39 is 0 Å². The first-order valence-electron chi connectivity index (χ1n) is 16.9. The predicted octanol–water partition coefficient (Wildman–Crippen LogP) is 9.93. The van der Waals surface area contributed by atoms with E-state index in [4.69, 9.17) is 9.31 Å². The zero-order valence-electron chi connectivity index (χ0n) is 27.3. The van der Waals surface area contributed by atoms with E-state index in [0.717, 1.165) is 12.8 Å². The molecule has 5 aromatic carbocycles. The molecule has 0 radical (unpaired) electrons. The van der Waals surface area contributed by atoms with Crippen LogP contribution in [0.5, 0.6) is 0 Å². The van der Waals surface area contributed by atoms with E-state index in [2.05, 4.69) is 154 Å². The van der Waals surface area contributed by atoms with Crippen molar-refractivity contribution in [3.05, 3.63) is 154 Å². The van der Waals surface area contributed by atoms with Crippen LogP contribution < -0.4 is 0 Å². The molecule has 0 bridgehead atoms. The zero-order chi connectivity index (χ0) is 31.7. The van der Waals surface area contributed by atoms with Gasteiger partial charge in [-0.15, -0.1) is 0 Å². The SMILES string of the molecule is CC1(C)OB(C2=Cc3c(n(-c4ccccc4)c4c5c(ccc34)C3(c4ccccc4-c4ccccc43)c3ccccc3-5)CC2)OC1(C)C. The molecule has 1 spiro atoms. The Kier molecular flexibility index (Phi) is 5.41. The molecule has 10 rings (SSSR count). The fourth-order valence-corrected chi connectivity index (χ4v) is 9.00. The average molecular weight is 610 g/mol. The molecule has 0 amide bonds. The van der Waals surface area contributed by atoms with Gasteiger partial charge in [0.05, 0.1) is 22.1 Å². The normalized spacial score (nSPS) is 18.9. The Balaban J connectivity index is 1.30. The van der Waals surface area contributed by atoms with E-state index in [0.29, 0.717) is 0 Å². The Morgan fingerprint density at radius 3 is 1.77 bits per heavy atom. The maximum atomic E-state index is 6.58. The lowest BCUT2D eigenvalue weighted by atomic mass is 9.70. The summed E-state index contributed by atoms with van der Waals surface area (Å²) in [5, 5.41) is 1.28. The first-order valence-corrected chi connectivity index (χ1v) is 16.9. The quantitative estimate of drug-likeness (QED) is 0.182. The number of fused-ring (bicyclic) bond motifs is 14. The molecule has 2 heterocycles. The third-order valence-electron chi connectivity index (χ3n) is 11.8. The third-order valence-corrected chi connectivity index (χ3v) is 11.8. The molecule has 1 aliphatic heterocycles. The lowest BCUT2D eigenvalue weighted by molar-refractivity contribution is 0.00578. The molecule has 4 heteroatoms. The number of hydrogen-bond donors (Lipinski definition) is 0. The van der Waals surface area contributed by atoms with Gasteiger partial charge in [0.15, 0.2) is 0 Å². The molecule has 1 fully saturated rings. The molecule has 3 aliphatic carbocycles. The van der Waals surface area contributed by atoms with Crippen LogP contribution in [0.4, 0.5) is 0 Å². The highest BCUT2D eigenvalue weighted by atomic mass is 16.7. The molecule has 228 valence electrons. The number of nitrogens with zero attached hydrogens (tertiary/aromatic N) is 1. The van der Waals surface area contributed by atoms with Crippen molar-refractivity contribution in [1.29, 1.82) is 0 Å². The summed E-state index contributed by atoms with van der Waals surface area (Å²) in [5.41, 5.74) is 16.0. The van der Waals surface area contributed by atoms with Gasteiger partial charge < -0.3 is 13.9 Å². The lowest BCUT2D eigenvalue weighted by Crippen LogP contribution is -2.41. The number of benzene rings is 5. The van der Waals surface area contributed by atoms with E-state index in [1.54, 1.807) is 0 Å². The van der Waals surface area contributed by atoms with E-state index >= 15 is 0 Å². The van der Waals surface area contributed by atoms with Gasteiger partial charge in [-0.1, -0.05) is 109 Å². The van der Waals surface area contributed by atoms with Crippen molar-refractivity contribution in [2.24, 2.45) is 0 Å². The second-order valence-corrected chi connectivity index (χ2v) is 14.6. The van der Waals surface area contributed by atoms with Crippen molar-refractivity contribution in [1.82, 2.24) is 4.57 Å². The zero-order valence-corrected chi connectivity index (χ0v) is 27.3. The largest absolute Gasteiger partial charge is 0.490 e. The summed E-state index contributed by atoms with van der Waals surface area (Å²) < 4.78 is 15.7. The molecule has 6 aromatic rings. The minimum Gasteiger partial charge on any atom is -0.400 e. The van der Waals surface area contributed by atoms with Crippen molar-refractivity contribution >= 4 is 24.1 Å². The molecule has 1 aromatic heterocycles. The van der Waals surface area contributed by atoms with Gasteiger partial charge in [0, 0.05) is 27.9 Å². The minimum absolute atomic E-state index is 0.340. The van der Waals surface area contributed by atoms with Crippen LogP contribution in [0.25, 0.3) is 44.9 Å². The number of hydrogen-bond acceptors (Lipinski definition) is 2. The summed E-state index contributed by atoms with van der Waals surface area (Å²) in [7, 11) is -0.340. The van der Waals surface area contributed by atoms with Gasteiger partial charge >= 0.3 is 7.12 Å². The molecular weight excluding hydrogens is 573 g/mol. The van der Waals surface area contributed by atoms with Gasteiger partial charge in [-0.3, -0.25) is 0 Å². The highest BCUT2D eigenvalue weighted by Crippen LogP contribution is 2.64. The first-order chi connectivity index (χ1) is 22.8. The summed E-state index contributed by atoms with van der Waals surface area (Å²) in [4.78, 5) is 0. The van der Waals surface area contributed by atoms with Crippen LogP contribution in [-0.4, -0.2) is 22.9 Å². The van der Waals surface area contributed by atoms with E-state index in [1.807, 2.05) is 0 Å². The van der Waals surface area contributed by atoms with Crippen LogP contribution in [-0.2, 0) is 21.1 Å². The van der Waals surface area contributed by atoms with Crippen molar-refractivity contribution in [2.45, 2.75) is 57.2 Å². The summed E-state index contributed by atoms with van der Waals surface area (Å²) in [6.45, 7) is 8.55. The Labute approximate surface area is 276 Å². The molecule has 4 aliphatic rings. The number of aromatic nitrogens is 1. The number of rotatable bonds is 2. The standard InChI is InChI=1S/C43H36BNO2/c1-41(2)42(3,4)47-44(46-41)27-22-25-38-33(26-27)31-23-24-37-39(40(31)45(38)28-14-6-5-7-15-28)32-18-10-13-21-36(32)43(37)34-19-11-8-16-29(34)30-17-9-12-20-35(30)43/h5-21,23-24,26H,22,25H2,1-4H3. The van der Waals surface area contributed by atoms with Crippen LogP contribution in [0.3, 0.4) is 0 Å². The van der Waals surface area contributed by atoms with E-state index in [9.17, 15) is 0 Å². The van der Waals surface area contributed by atoms with Crippen LogP contribution >= 0.6 is 0 Å². The van der Waals surface area contributed by atoms with Crippen molar-refractivity contribution in [2.75, 3.05) is 0 Å². The smallest absolute Gasteiger partial charge is 0.400 e. The summed E-state index contributed by atoms with van der Waals surface area (Å²) >= 11 is 0. The third kappa shape index (κ3) is 3.40. The van der Waals surface area contributed by atoms with Gasteiger partial charge in [0.25, 0.3) is 0 Å². The van der Waals surface area contributed by atoms with E-state index in [-0.39, 0.29) is 23.7 Å². The Morgan fingerprint density at radius 2 is 1.13 bits per heavy atom. The summed E-state index contributed by atoms with van der Waals surface area (Å²) in [5.74, 6) is 0. The Morgan fingerprint density at radius 1 is 0.574 bits per heavy atom. The maximum Gasteiger partial charge on any atom is 0.490 e. The fraction of sp³-hybridized carbons (Fsp3) is 0.209. The molecular formula is C43H36BNO2. The predicted molar refractivity (Wildman–Crippen MR) is 192 cm³/mol. The minimum atomic E-state index is -0.372. The second-order valence-electron chi connectivity index (χ2n) is 14.6. The van der Waals surface area contributed by atoms with Gasteiger partial charge in [-0.2, -0.15) is 0 Å². The van der Waals surface area contributed by atoms with Crippen molar-refractivity contribution in [3.63, 3.8) is 0 Å². The van der Waals surface area contributed by atoms with Gasteiger partial charge in [0.2, 0.25) is 0 Å². The molecule has 0 N–H and O–H groups in total. The number of allylic oxidation sites excluding steroid dienone is 1. The van der Waals surface area contributed by atoms with Crippen molar-refractivity contribution in [3.8, 4) is 27.9 Å². The van der Waals surface area contributed by atoms with E-state index in [1.165, 1.54) is 77.8 Å². The molecule has 47 heavy (non-hydrogen) atoms.